The van der Waals surface area contributed by atoms with E-state index < -0.39 is 23.2 Å². The van der Waals surface area contributed by atoms with Gasteiger partial charge in [0.15, 0.2) is 0 Å². The topological polar surface area (TPSA) is 76.7 Å². The van der Waals surface area contributed by atoms with Gasteiger partial charge in [-0.1, -0.05) is 0 Å². The Balaban J connectivity index is 4.08. The molecule has 6 nitrogen and oxygen atoms in total. The van der Waals surface area contributed by atoms with Crippen LogP contribution < -0.4 is 10.9 Å². The molecule has 0 aliphatic rings. The Hall–Kier alpha value is -1.30. The van der Waals surface area contributed by atoms with E-state index in [-0.39, 0.29) is 0 Å². The largest absolute Gasteiger partial charge is 0.443 e. The number of methoxy groups -OCH3 is 1. The van der Waals surface area contributed by atoms with Gasteiger partial charge in [0.2, 0.25) is 0 Å². The zero-order valence-corrected chi connectivity index (χ0v) is 10.6. The minimum atomic E-state index is -1.00. The first-order chi connectivity index (χ1) is 7.08. The molecule has 0 spiro atoms. The molecule has 0 rings (SSSR count). The van der Waals surface area contributed by atoms with Crippen molar-refractivity contribution in [1.82, 2.24) is 10.9 Å². The molecule has 0 aromatic rings. The lowest BCUT2D eigenvalue weighted by Gasteiger charge is -2.23. The number of carbonyl (C=O) groups is 2. The van der Waals surface area contributed by atoms with E-state index in [2.05, 4.69) is 10.9 Å². The summed E-state index contributed by atoms with van der Waals surface area (Å²) in [5, 5.41) is 0. The average Bonchev–Trinajstić information content (AvgIpc) is 2.11. The fourth-order valence-corrected chi connectivity index (χ4v) is 0.655. The summed E-state index contributed by atoms with van der Waals surface area (Å²) in [5.74, 6) is -0.458. The van der Waals surface area contributed by atoms with E-state index in [1.54, 1.807) is 34.6 Å². The van der Waals surface area contributed by atoms with Crippen LogP contribution in [0, 0.1) is 0 Å². The Kier molecular flexibility index (Phi) is 4.74. The lowest BCUT2D eigenvalue weighted by Crippen LogP contribution is -2.52. The molecule has 16 heavy (non-hydrogen) atoms. The molecule has 0 radical (unpaired) electrons. The SMILES string of the molecule is COC(C)(C)C(=O)NNC(=O)OC(C)(C)C. The smallest absolute Gasteiger partial charge is 0.426 e. The highest BCUT2D eigenvalue weighted by molar-refractivity contribution is 5.85. The lowest BCUT2D eigenvalue weighted by molar-refractivity contribution is -0.140. The van der Waals surface area contributed by atoms with Crippen molar-refractivity contribution in [2.24, 2.45) is 0 Å². The van der Waals surface area contributed by atoms with Gasteiger partial charge in [0.05, 0.1) is 0 Å². The van der Waals surface area contributed by atoms with Gasteiger partial charge in [0, 0.05) is 7.11 Å². The Morgan fingerprint density at radius 2 is 1.50 bits per heavy atom. The molecule has 0 saturated carbocycles. The van der Waals surface area contributed by atoms with Crippen molar-refractivity contribution in [2.45, 2.75) is 45.8 Å². The van der Waals surface area contributed by atoms with Crippen LogP contribution in [-0.2, 0) is 14.3 Å². The Labute approximate surface area is 95.6 Å². The molecule has 0 bridgehead atoms. The number of hydrogen-bond acceptors (Lipinski definition) is 4. The Morgan fingerprint density at radius 3 is 1.88 bits per heavy atom. The first-order valence-electron chi connectivity index (χ1n) is 4.93. The highest BCUT2D eigenvalue weighted by Crippen LogP contribution is 2.07. The van der Waals surface area contributed by atoms with Crippen molar-refractivity contribution >= 4 is 12.0 Å². The highest BCUT2D eigenvalue weighted by Gasteiger charge is 2.27. The number of amides is 2. The second-order valence-corrected chi connectivity index (χ2v) is 4.80. The summed E-state index contributed by atoms with van der Waals surface area (Å²) in [6, 6.07) is 0. The van der Waals surface area contributed by atoms with Gasteiger partial charge in [-0.15, -0.1) is 0 Å². The first-order valence-corrected chi connectivity index (χ1v) is 4.93. The third-order valence-electron chi connectivity index (χ3n) is 1.73. The van der Waals surface area contributed by atoms with Gasteiger partial charge in [-0.2, -0.15) is 0 Å². The maximum Gasteiger partial charge on any atom is 0.426 e. The molecule has 0 atom stereocenters. The molecule has 0 aliphatic carbocycles. The molecule has 2 amide bonds. The molecule has 0 saturated heterocycles. The third kappa shape index (κ3) is 5.55. The zero-order chi connectivity index (χ0) is 13.0. The summed E-state index contributed by atoms with van der Waals surface area (Å²) >= 11 is 0. The second-order valence-electron chi connectivity index (χ2n) is 4.80. The van der Waals surface area contributed by atoms with E-state index >= 15 is 0 Å². The van der Waals surface area contributed by atoms with E-state index in [1.807, 2.05) is 0 Å². The van der Waals surface area contributed by atoms with Crippen LogP contribution in [0.15, 0.2) is 0 Å². The monoisotopic (exact) mass is 232 g/mol. The summed E-state index contributed by atoms with van der Waals surface area (Å²) in [6.07, 6.45) is -0.715. The normalized spacial score (nSPS) is 11.9. The molecule has 2 N–H and O–H groups in total. The van der Waals surface area contributed by atoms with E-state index in [4.69, 9.17) is 9.47 Å². The maximum atomic E-state index is 11.5. The van der Waals surface area contributed by atoms with Gasteiger partial charge in [-0.05, 0) is 34.6 Å². The van der Waals surface area contributed by atoms with Crippen LogP contribution >= 0.6 is 0 Å². The Bertz CT molecular complexity index is 268. The van der Waals surface area contributed by atoms with Crippen LogP contribution in [0.25, 0.3) is 0 Å². The van der Waals surface area contributed by atoms with Crippen molar-refractivity contribution in [2.75, 3.05) is 7.11 Å². The standard InChI is InChI=1S/C10H20N2O4/c1-9(2,3)16-8(14)12-11-7(13)10(4,5)15-6/h1-6H3,(H,11,13)(H,12,14). The van der Waals surface area contributed by atoms with Gasteiger partial charge in [0.1, 0.15) is 11.2 Å². The number of hydrazine groups is 1. The van der Waals surface area contributed by atoms with E-state index in [1.165, 1.54) is 7.11 Å². The van der Waals surface area contributed by atoms with Gasteiger partial charge in [0.25, 0.3) is 5.91 Å². The van der Waals surface area contributed by atoms with Crippen LogP contribution in [0.3, 0.4) is 0 Å². The fourth-order valence-electron chi connectivity index (χ4n) is 0.655. The van der Waals surface area contributed by atoms with Gasteiger partial charge in [-0.25, -0.2) is 10.2 Å². The molecule has 0 heterocycles. The predicted octanol–water partition coefficient (Wildman–Crippen LogP) is 0.967. The van der Waals surface area contributed by atoms with Crippen LogP contribution in [0.4, 0.5) is 4.79 Å². The summed E-state index contributed by atoms with van der Waals surface area (Å²) in [6.45, 7) is 8.35. The summed E-state index contributed by atoms with van der Waals surface area (Å²) in [7, 11) is 1.41. The van der Waals surface area contributed by atoms with E-state index in [9.17, 15) is 9.59 Å². The quantitative estimate of drug-likeness (QED) is 0.695. The zero-order valence-electron chi connectivity index (χ0n) is 10.6. The van der Waals surface area contributed by atoms with Gasteiger partial charge < -0.3 is 9.47 Å². The lowest BCUT2D eigenvalue weighted by atomic mass is 10.1. The number of carbonyl (C=O) groups excluding carboxylic acids is 2. The molecular weight excluding hydrogens is 212 g/mol. The third-order valence-corrected chi connectivity index (χ3v) is 1.73. The van der Waals surface area contributed by atoms with Crippen molar-refractivity contribution < 1.29 is 19.1 Å². The molecule has 0 aromatic heterocycles. The van der Waals surface area contributed by atoms with Crippen molar-refractivity contribution in [1.29, 1.82) is 0 Å². The average molecular weight is 232 g/mol. The highest BCUT2D eigenvalue weighted by atomic mass is 16.6. The van der Waals surface area contributed by atoms with Crippen molar-refractivity contribution in [3.63, 3.8) is 0 Å². The van der Waals surface area contributed by atoms with Crippen LogP contribution in [0.5, 0.6) is 0 Å². The number of ether oxygens (including phenoxy) is 2. The predicted molar refractivity (Wildman–Crippen MR) is 58.6 cm³/mol. The molecule has 0 aliphatic heterocycles. The van der Waals surface area contributed by atoms with Crippen LogP contribution in [0.1, 0.15) is 34.6 Å². The summed E-state index contributed by atoms with van der Waals surface area (Å²) in [5.41, 5.74) is 2.74. The molecule has 94 valence electrons. The van der Waals surface area contributed by atoms with Crippen molar-refractivity contribution in [3.05, 3.63) is 0 Å². The second kappa shape index (κ2) is 5.16. The minimum absolute atomic E-state index is 0.458. The molecule has 0 unspecified atom stereocenters. The van der Waals surface area contributed by atoms with Crippen LogP contribution in [-0.4, -0.2) is 30.3 Å². The molecular formula is C10H20N2O4. The fraction of sp³-hybridized carbons (Fsp3) is 0.800. The number of hydrogen-bond donors (Lipinski definition) is 2. The van der Waals surface area contributed by atoms with E-state index in [0.717, 1.165) is 0 Å². The molecule has 6 heteroatoms. The Morgan fingerprint density at radius 1 is 1.00 bits per heavy atom. The minimum Gasteiger partial charge on any atom is -0.443 e. The maximum absolute atomic E-state index is 11.5. The summed E-state index contributed by atoms with van der Waals surface area (Å²) < 4.78 is 9.86. The van der Waals surface area contributed by atoms with Crippen molar-refractivity contribution in [3.8, 4) is 0 Å². The van der Waals surface area contributed by atoms with Crippen LogP contribution in [0.2, 0.25) is 0 Å². The first kappa shape index (κ1) is 14.7. The van der Waals surface area contributed by atoms with Gasteiger partial charge in [-0.3, -0.25) is 10.2 Å². The molecule has 0 fully saturated rings. The number of rotatable bonds is 2. The van der Waals surface area contributed by atoms with Gasteiger partial charge >= 0.3 is 6.09 Å². The molecule has 0 aromatic carbocycles. The van der Waals surface area contributed by atoms with E-state index in [0.29, 0.717) is 0 Å². The number of nitrogens with one attached hydrogen (secondary N) is 2. The summed E-state index contributed by atoms with van der Waals surface area (Å²) in [4.78, 5) is 22.6.